The van der Waals surface area contributed by atoms with Crippen LogP contribution in [0.5, 0.6) is 0 Å². The monoisotopic (exact) mass is 326 g/mol. The lowest BCUT2D eigenvalue weighted by atomic mass is 10.3. The predicted molar refractivity (Wildman–Crippen MR) is 81.5 cm³/mol. The molecule has 0 aliphatic heterocycles. The third kappa shape index (κ3) is 3.67. The van der Waals surface area contributed by atoms with E-state index in [0.717, 1.165) is 22.2 Å². The summed E-state index contributed by atoms with van der Waals surface area (Å²) in [5.74, 6) is 0. The molecule has 5 heteroatoms. The summed E-state index contributed by atoms with van der Waals surface area (Å²) >= 11 is 3.40. The van der Waals surface area contributed by atoms with Gasteiger partial charge in [0.05, 0.1) is 0 Å². The normalized spacial score (nSPS) is 12.2. The molecule has 0 aliphatic rings. The first kappa shape index (κ1) is 13.8. The van der Waals surface area contributed by atoms with Gasteiger partial charge in [0.15, 0.2) is 0 Å². The molecule has 2 heterocycles. The van der Waals surface area contributed by atoms with E-state index in [0.29, 0.717) is 6.73 Å². The topological polar surface area (TPSA) is 27.1 Å². The van der Waals surface area contributed by atoms with E-state index >= 15 is 0 Å². The van der Waals surface area contributed by atoms with Gasteiger partial charge in [-0.15, -0.1) is 0 Å². The van der Waals surface area contributed by atoms with Crippen molar-refractivity contribution >= 4 is 35.0 Å². The molecule has 0 amide bonds. The van der Waals surface area contributed by atoms with Gasteiger partial charge in [-0.3, -0.25) is 0 Å². The fourth-order valence-electron chi connectivity index (χ4n) is 1.68. The molecule has 0 saturated carbocycles. The number of halogens is 1. The van der Waals surface area contributed by atoms with Gasteiger partial charge in [-0.25, -0.2) is 4.98 Å². The molecule has 0 N–H and O–H groups in total. The van der Waals surface area contributed by atoms with E-state index in [-0.39, 0.29) is 0 Å². The largest absolute Gasteiger partial charge is 0.361 e. The molecule has 0 radical (unpaired) electrons. The van der Waals surface area contributed by atoms with E-state index in [1.54, 1.807) is 0 Å². The Balaban J connectivity index is 1.98. The zero-order valence-corrected chi connectivity index (χ0v) is 13.7. The van der Waals surface area contributed by atoms with Crippen LogP contribution in [0.3, 0.4) is 0 Å². The summed E-state index contributed by atoms with van der Waals surface area (Å²) in [5.41, 5.74) is 0.970. The fourth-order valence-corrected chi connectivity index (χ4v) is 2.74. The number of pyridine rings is 1. The van der Waals surface area contributed by atoms with Crippen molar-refractivity contribution in [2.45, 2.75) is 32.4 Å². The van der Waals surface area contributed by atoms with Gasteiger partial charge in [0, 0.05) is 26.3 Å². The highest BCUT2D eigenvalue weighted by molar-refractivity contribution is 9.10. The Labute approximate surface area is 117 Å². The van der Waals surface area contributed by atoms with Crippen molar-refractivity contribution in [2.75, 3.05) is 6.61 Å². The highest BCUT2D eigenvalue weighted by atomic mass is 79.9. The molecule has 0 saturated heterocycles. The summed E-state index contributed by atoms with van der Waals surface area (Å²) in [5, 5.41) is 1.15. The molecule has 0 aromatic carbocycles. The highest BCUT2D eigenvalue weighted by Crippen LogP contribution is 2.17. The molecule has 2 rings (SSSR count). The van der Waals surface area contributed by atoms with Gasteiger partial charge in [-0.1, -0.05) is 19.6 Å². The second kappa shape index (κ2) is 5.55. The number of hydrogen-bond donors (Lipinski definition) is 0. The molecule has 0 atom stereocenters. The molecule has 0 aliphatic carbocycles. The van der Waals surface area contributed by atoms with E-state index < -0.39 is 8.07 Å². The summed E-state index contributed by atoms with van der Waals surface area (Å²) in [4.78, 5) is 4.47. The quantitative estimate of drug-likeness (QED) is 0.469. The van der Waals surface area contributed by atoms with E-state index in [4.69, 9.17) is 4.74 Å². The first-order valence-electron chi connectivity index (χ1n) is 6.15. The molecule has 98 valence electrons. The smallest absolute Gasteiger partial charge is 0.143 e. The van der Waals surface area contributed by atoms with Gasteiger partial charge in [0.2, 0.25) is 0 Å². The maximum absolute atomic E-state index is 5.74. The molecule has 0 fully saturated rings. The Kier molecular flexibility index (Phi) is 4.24. The van der Waals surface area contributed by atoms with Gasteiger partial charge in [-0.2, -0.15) is 0 Å². The average molecular weight is 327 g/mol. The molecule has 0 spiro atoms. The van der Waals surface area contributed by atoms with Crippen LogP contribution in [-0.4, -0.2) is 24.2 Å². The van der Waals surface area contributed by atoms with Crippen molar-refractivity contribution in [3.05, 3.63) is 29.0 Å². The van der Waals surface area contributed by atoms with Gasteiger partial charge < -0.3 is 9.30 Å². The predicted octanol–water partition coefficient (Wildman–Crippen LogP) is 4.11. The van der Waals surface area contributed by atoms with Crippen molar-refractivity contribution in [1.82, 2.24) is 9.55 Å². The zero-order valence-electron chi connectivity index (χ0n) is 11.1. The number of aromatic nitrogens is 2. The second-order valence-electron chi connectivity index (χ2n) is 5.68. The summed E-state index contributed by atoms with van der Waals surface area (Å²) in [7, 11) is -0.999. The Morgan fingerprint density at radius 3 is 2.78 bits per heavy atom. The maximum atomic E-state index is 5.74. The van der Waals surface area contributed by atoms with E-state index in [9.17, 15) is 0 Å². The van der Waals surface area contributed by atoms with E-state index in [2.05, 4.69) is 52.7 Å². The van der Waals surface area contributed by atoms with Crippen LogP contribution in [0.25, 0.3) is 11.0 Å². The minimum absolute atomic E-state index is 0.581. The first-order chi connectivity index (χ1) is 8.46. The Bertz CT molecular complexity index is 533. The highest BCUT2D eigenvalue weighted by Gasteiger charge is 2.12. The summed E-state index contributed by atoms with van der Waals surface area (Å²) in [6, 6.07) is 7.28. The molecule has 2 aromatic rings. The van der Waals surface area contributed by atoms with Crippen LogP contribution < -0.4 is 0 Å². The zero-order chi connectivity index (χ0) is 13.2. The van der Waals surface area contributed by atoms with Crippen molar-refractivity contribution in [1.29, 1.82) is 0 Å². The maximum Gasteiger partial charge on any atom is 0.143 e. The lowest BCUT2D eigenvalue weighted by Crippen LogP contribution is -2.22. The van der Waals surface area contributed by atoms with Crippen LogP contribution >= 0.6 is 15.9 Å². The number of rotatable bonds is 5. The molecular weight excluding hydrogens is 308 g/mol. The third-order valence-electron chi connectivity index (χ3n) is 2.80. The minimum Gasteiger partial charge on any atom is -0.361 e. The minimum atomic E-state index is -0.999. The molecule has 0 bridgehead atoms. The lowest BCUT2D eigenvalue weighted by Gasteiger charge is -2.15. The fraction of sp³-hybridized carbons (Fsp3) is 0.462. The standard InChI is InChI=1S/C13H19BrN2OSi/c1-18(2,3)9-8-17-10-16-7-6-11-4-5-12(14)15-13(11)16/h4-7H,8-10H2,1-3H3. The Morgan fingerprint density at radius 2 is 2.06 bits per heavy atom. The number of nitrogens with zero attached hydrogens (tertiary/aromatic N) is 2. The van der Waals surface area contributed by atoms with Gasteiger partial charge >= 0.3 is 0 Å². The molecule has 2 aromatic heterocycles. The number of fused-ring (bicyclic) bond motifs is 1. The van der Waals surface area contributed by atoms with Crippen molar-refractivity contribution < 1.29 is 4.74 Å². The van der Waals surface area contributed by atoms with Crippen LogP contribution in [0.15, 0.2) is 29.0 Å². The molecule has 18 heavy (non-hydrogen) atoms. The third-order valence-corrected chi connectivity index (χ3v) is 4.95. The van der Waals surface area contributed by atoms with Gasteiger partial charge in [-0.05, 0) is 40.2 Å². The van der Waals surface area contributed by atoms with Crippen LogP contribution in [0.4, 0.5) is 0 Å². The van der Waals surface area contributed by atoms with Crippen molar-refractivity contribution in [2.24, 2.45) is 0 Å². The summed E-state index contributed by atoms with van der Waals surface area (Å²) in [6.07, 6.45) is 2.03. The summed E-state index contributed by atoms with van der Waals surface area (Å²) < 4.78 is 8.65. The second-order valence-corrected chi connectivity index (χ2v) is 12.1. The van der Waals surface area contributed by atoms with Gasteiger partial charge in [0.25, 0.3) is 0 Å². The first-order valence-corrected chi connectivity index (χ1v) is 10.6. The Morgan fingerprint density at radius 1 is 1.28 bits per heavy atom. The molecule has 0 unspecified atom stereocenters. The Hall–Kier alpha value is -0.653. The summed E-state index contributed by atoms with van der Waals surface area (Å²) in [6.45, 7) is 8.50. The van der Waals surface area contributed by atoms with E-state index in [1.807, 2.05) is 16.8 Å². The van der Waals surface area contributed by atoms with Crippen molar-refractivity contribution in [3.8, 4) is 0 Å². The lowest BCUT2D eigenvalue weighted by molar-refractivity contribution is 0.0899. The van der Waals surface area contributed by atoms with Crippen LogP contribution in [0.1, 0.15) is 0 Å². The number of ether oxygens (including phenoxy) is 1. The van der Waals surface area contributed by atoms with E-state index in [1.165, 1.54) is 6.04 Å². The van der Waals surface area contributed by atoms with Crippen molar-refractivity contribution in [3.63, 3.8) is 0 Å². The molecular formula is C13H19BrN2OSi. The number of hydrogen-bond acceptors (Lipinski definition) is 2. The van der Waals surface area contributed by atoms with Crippen LogP contribution in [0.2, 0.25) is 25.7 Å². The van der Waals surface area contributed by atoms with Crippen LogP contribution in [-0.2, 0) is 11.5 Å². The van der Waals surface area contributed by atoms with Gasteiger partial charge in [0.1, 0.15) is 17.0 Å². The molecule has 3 nitrogen and oxygen atoms in total. The SMILES string of the molecule is C[Si](C)(C)CCOCn1ccc2ccc(Br)nc21. The average Bonchev–Trinajstić information content (AvgIpc) is 2.66. The van der Waals surface area contributed by atoms with Crippen LogP contribution in [0, 0.1) is 0 Å².